The first kappa shape index (κ1) is 20.9. The van der Waals surface area contributed by atoms with E-state index in [0.717, 1.165) is 40.3 Å². The van der Waals surface area contributed by atoms with Crippen molar-refractivity contribution >= 4 is 22.5 Å². The molecule has 6 rings (SSSR count). The molecule has 0 unspecified atom stereocenters. The van der Waals surface area contributed by atoms with Gasteiger partial charge in [-0.25, -0.2) is 4.68 Å². The largest absolute Gasteiger partial charge is 0.316 e. The maximum atomic E-state index is 13.3. The number of carbonyl (C=O) groups excluding carboxylic acids is 1. The number of benzene rings is 2. The number of anilines is 1. The van der Waals surface area contributed by atoms with Crippen LogP contribution in [0.2, 0.25) is 0 Å². The molecule has 1 aliphatic carbocycles. The number of aromatic nitrogens is 3. The first-order valence-electron chi connectivity index (χ1n) is 11.8. The highest BCUT2D eigenvalue weighted by Crippen LogP contribution is 2.39. The van der Waals surface area contributed by atoms with Crippen molar-refractivity contribution in [1.29, 1.82) is 0 Å². The SMILES string of the molecule is Cn1cc(-n2ncc3cc(N4C(=O)C[C@H](NCC5CC5)[C@H]4c4ccccc4)ccc32)ccc1=O. The van der Waals surface area contributed by atoms with Crippen molar-refractivity contribution < 1.29 is 4.79 Å². The first-order valence-corrected chi connectivity index (χ1v) is 11.8. The molecule has 1 saturated heterocycles. The predicted molar refractivity (Wildman–Crippen MR) is 132 cm³/mol. The van der Waals surface area contributed by atoms with E-state index in [1.54, 1.807) is 29.9 Å². The third-order valence-electron chi connectivity index (χ3n) is 6.97. The number of pyridine rings is 1. The molecule has 2 aromatic carbocycles. The number of hydrogen-bond acceptors (Lipinski definition) is 4. The summed E-state index contributed by atoms with van der Waals surface area (Å²) >= 11 is 0. The van der Waals surface area contributed by atoms with Gasteiger partial charge in [-0.15, -0.1) is 0 Å². The summed E-state index contributed by atoms with van der Waals surface area (Å²) in [6.45, 7) is 0.973. The van der Waals surface area contributed by atoms with Crippen LogP contribution in [0.4, 0.5) is 5.69 Å². The van der Waals surface area contributed by atoms with Gasteiger partial charge in [0.05, 0.1) is 23.4 Å². The van der Waals surface area contributed by atoms with Gasteiger partial charge >= 0.3 is 0 Å². The van der Waals surface area contributed by atoms with E-state index >= 15 is 0 Å². The van der Waals surface area contributed by atoms with Crippen molar-refractivity contribution in [2.45, 2.75) is 31.3 Å². The Kier molecular flexibility index (Phi) is 5.07. The quantitative estimate of drug-likeness (QED) is 0.485. The lowest BCUT2D eigenvalue weighted by Crippen LogP contribution is -2.37. The molecule has 1 aliphatic heterocycles. The van der Waals surface area contributed by atoms with Crippen LogP contribution in [-0.2, 0) is 11.8 Å². The number of carbonyl (C=O) groups is 1. The van der Waals surface area contributed by atoms with Crippen LogP contribution in [0, 0.1) is 5.92 Å². The number of nitrogens with zero attached hydrogens (tertiary/aromatic N) is 4. The number of nitrogens with one attached hydrogen (secondary N) is 1. The van der Waals surface area contributed by atoms with Crippen molar-refractivity contribution in [3.05, 3.63) is 89.0 Å². The zero-order valence-corrected chi connectivity index (χ0v) is 19.1. The van der Waals surface area contributed by atoms with E-state index in [0.29, 0.717) is 6.42 Å². The summed E-state index contributed by atoms with van der Waals surface area (Å²) in [5.74, 6) is 0.882. The van der Waals surface area contributed by atoms with Crippen molar-refractivity contribution in [2.24, 2.45) is 13.0 Å². The molecule has 2 aromatic heterocycles. The fourth-order valence-corrected chi connectivity index (χ4v) is 4.97. The number of hydrogen-bond donors (Lipinski definition) is 1. The molecule has 2 fully saturated rings. The molecule has 1 N–H and O–H groups in total. The van der Waals surface area contributed by atoms with Gasteiger partial charge in [-0.05, 0) is 55.1 Å². The molecule has 7 nitrogen and oxygen atoms in total. The van der Waals surface area contributed by atoms with Crippen molar-refractivity contribution in [3.63, 3.8) is 0 Å². The molecule has 2 atom stereocenters. The molecular formula is C27H27N5O2. The van der Waals surface area contributed by atoms with E-state index in [9.17, 15) is 9.59 Å². The van der Waals surface area contributed by atoms with E-state index in [-0.39, 0.29) is 23.6 Å². The first-order chi connectivity index (χ1) is 16.6. The van der Waals surface area contributed by atoms with E-state index < -0.39 is 0 Å². The van der Waals surface area contributed by atoms with Crippen LogP contribution in [0.3, 0.4) is 0 Å². The van der Waals surface area contributed by atoms with Gasteiger partial charge < -0.3 is 14.8 Å². The van der Waals surface area contributed by atoms with Gasteiger partial charge in [-0.3, -0.25) is 9.59 Å². The van der Waals surface area contributed by atoms with Gasteiger partial charge in [0.2, 0.25) is 11.5 Å². The molecule has 0 radical (unpaired) electrons. The number of rotatable bonds is 6. The van der Waals surface area contributed by atoms with Gasteiger partial charge in [0.25, 0.3) is 0 Å². The van der Waals surface area contributed by atoms with E-state index in [2.05, 4.69) is 22.5 Å². The molecule has 1 saturated carbocycles. The molecule has 3 heterocycles. The van der Waals surface area contributed by atoms with Crippen LogP contribution in [-0.4, -0.2) is 32.8 Å². The Morgan fingerprint density at radius 1 is 1.00 bits per heavy atom. The van der Waals surface area contributed by atoms with Crippen LogP contribution in [0.15, 0.2) is 77.9 Å². The summed E-state index contributed by atoms with van der Waals surface area (Å²) in [6, 6.07) is 19.7. The molecule has 172 valence electrons. The van der Waals surface area contributed by atoms with E-state index in [1.807, 2.05) is 52.2 Å². The average molecular weight is 454 g/mol. The normalized spacial score (nSPS) is 20.4. The molecule has 1 amide bonds. The van der Waals surface area contributed by atoms with Crippen molar-refractivity contribution in [3.8, 4) is 5.69 Å². The Morgan fingerprint density at radius 3 is 2.56 bits per heavy atom. The Labute approximate surface area is 197 Å². The van der Waals surface area contributed by atoms with Crippen LogP contribution in [0.25, 0.3) is 16.6 Å². The van der Waals surface area contributed by atoms with Gasteiger partial charge in [0.15, 0.2) is 0 Å². The standard InChI is InChI=1S/C27H27N5O2/c1-30-17-22(10-12-25(30)33)32-24-11-9-21(13-20(24)16-29-32)31-26(34)14-23(28-15-18-7-8-18)27(31)19-5-3-2-4-6-19/h2-6,9-13,16-18,23,27-28H,7-8,14-15H2,1H3/t23-,27+/m0/s1. The molecule has 2 aliphatic rings. The lowest BCUT2D eigenvalue weighted by molar-refractivity contribution is -0.117. The fourth-order valence-electron chi connectivity index (χ4n) is 4.97. The Hall–Kier alpha value is -3.71. The zero-order chi connectivity index (χ0) is 23.2. The predicted octanol–water partition coefficient (Wildman–Crippen LogP) is 3.57. The summed E-state index contributed by atoms with van der Waals surface area (Å²) in [5.41, 5.74) is 3.69. The second-order valence-electron chi connectivity index (χ2n) is 9.42. The lowest BCUT2D eigenvalue weighted by Gasteiger charge is -2.29. The minimum atomic E-state index is -0.0631. The van der Waals surface area contributed by atoms with Crippen molar-refractivity contribution in [2.75, 3.05) is 11.4 Å². The van der Waals surface area contributed by atoms with Crippen LogP contribution >= 0.6 is 0 Å². The summed E-state index contributed by atoms with van der Waals surface area (Å²) in [6.07, 6.45) is 6.63. The van der Waals surface area contributed by atoms with Crippen LogP contribution < -0.4 is 15.8 Å². The van der Waals surface area contributed by atoms with Crippen molar-refractivity contribution in [1.82, 2.24) is 19.7 Å². The molecule has 0 bridgehead atoms. The number of aryl methyl sites for hydroxylation is 1. The Balaban J connectivity index is 1.37. The summed E-state index contributed by atoms with van der Waals surface area (Å²) in [5, 5.41) is 9.19. The molecule has 0 spiro atoms. The molecular weight excluding hydrogens is 426 g/mol. The van der Waals surface area contributed by atoms with Crippen LogP contribution in [0.5, 0.6) is 0 Å². The number of fused-ring (bicyclic) bond motifs is 1. The zero-order valence-electron chi connectivity index (χ0n) is 19.1. The second-order valence-corrected chi connectivity index (χ2v) is 9.42. The highest BCUT2D eigenvalue weighted by molar-refractivity contribution is 5.99. The monoisotopic (exact) mass is 453 g/mol. The van der Waals surface area contributed by atoms with Gasteiger partial charge in [-0.2, -0.15) is 5.10 Å². The highest BCUT2D eigenvalue weighted by Gasteiger charge is 2.42. The summed E-state index contributed by atoms with van der Waals surface area (Å²) < 4.78 is 3.36. The lowest BCUT2D eigenvalue weighted by atomic mass is 9.99. The fraction of sp³-hybridized carbons (Fsp3) is 0.296. The van der Waals surface area contributed by atoms with E-state index in [4.69, 9.17) is 0 Å². The third-order valence-corrected chi connectivity index (χ3v) is 6.97. The average Bonchev–Trinajstić information content (AvgIpc) is 3.49. The highest BCUT2D eigenvalue weighted by atomic mass is 16.2. The molecule has 4 aromatic rings. The van der Waals surface area contributed by atoms with E-state index in [1.165, 1.54) is 12.8 Å². The molecule has 7 heteroatoms. The maximum absolute atomic E-state index is 13.3. The maximum Gasteiger partial charge on any atom is 0.250 e. The summed E-state index contributed by atoms with van der Waals surface area (Å²) in [7, 11) is 1.73. The van der Waals surface area contributed by atoms with Gasteiger partial charge in [0.1, 0.15) is 0 Å². The minimum absolute atomic E-state index is 0.0522. The third kappa shape index (κ3) is 3.72. The Bertz CT molecular complexity index is 1420. The van der Waals surface area contributed by atoms with Gasteiger partial charge in [-0.1, -0.05) is 30.3 Å². The molecule has 34 heavy (non-hydrogen) atoms. The second kappa shape index (κ2) is 8.25. The topological polar surface area (TPSA) is 72.2 Å². The summed E-state index contributed by atoms with van der Waals surface area (Å²) in [4.78, 5) is 27.0. The minimum Gasteiger partial charge on any atom is -0.316 e. The Morgan fingerprint density at radius 2 is 1.79 bits per heavy atom. The van der Waals surface area contributed by atoms with Crippen LogP contribution in [0.1, 0.15) is 30.9 Å². The van der Waals surface area contributed by atoms with Gasteiger partial charge in [0, 0.05) is 42.8 Å². The number of amides is 1. The smallest absolute Gasteiger partial charge is 0.250 e.